The number of hydrogen-bond acceptors (Lipinski definition) is 3. The van der Waals surface area contributed by atoms with E-state index in [1.165, 1.54) is 16.9 Å². The Hall–Kier alpha value is -2.99. The number of nitrogens with zero attached hydrogens (tertiary/aromatic N) is 3. The molecule has 2 aromatic carbocycles. The zero-order valence-corrected chi connectivity index (χ0v) is 13.7. The summed E-state index contributed by atoms with van der Waals surface area (Å²) in [5.74, 6) is 0.0174. The highest BCUT2D eigenvalue weighted by Crippen LogP contribution is 2.18. The molecule has 0 aliphatic rings. The standard InChI is InChI=1S/C18H12ClFN4O/c19-12-5-3-4-11(8-12)9-16-22-17-13(18(25)23-16)10-21-24(17)15-7-2-1-6-14(15)20/h1-8,10H,9H2,(H,22,23,25). The van der Waals surface area contributed by atoms with Crippen LogP contribution in [0.3, 0.4) is 0 Å². The highest BCUT2D eigenvalue weighted by Gasteiger charge is 2.14. The second-order valence-electron chi connectivity index (χ2n) is 5.56. The van der Waals surface area contributed by atoms with Crippen LogP contribution in [0.2, 0.25) is 5.02 Å². The minimum atomic E-state index is -0.439. The highest BCUT2D eigenvalue weighted by molar-refractivity contribution is 6.30. The van der Waals surface area contributed by atoms with Gasteiger partial charge in [0.25, 0.3) is 5.56 Å². The van der Waals surface area contributed by atoms with Crippen LogP contribution in [0.4, 0.5) is 4.39 Å². The van der Waals surface area contributed by atoms with Gasteiger partial charge in [-0.05, 0) is 29.8 Å². The lowest BCUT2D eigenvalue weighted by atomic mass is 10.1. The van der Waals surface area contributed by atoms with Gasteiger partial charge in [0.1, 0.15) is 22.7 Å². The van der Waals surface area contributed by atoms with Crippen LogP contribution in [0.25, 0.3) is 16.7 Å². The van der Waals surface area contributed by atoms with Gasteiger partial charge in [0.2, 0.25) is 0 Å². The van der Waals surface area contributed by atoms with Crippen LogP contribution in [-0.2, 0) is 6.42 Å². The number of aromatic nitrogens is 4. The second kappa shape index (κ2) is 6.14. The van der Waals surface area contributed by atoms with Crippen molar-refractivity contribution in [3.8, 4) is 5.69 Å². The molecular formula is C18H12ClFN4O. The summed E-state index contributed by atoms with van der Waals surface area (Å²) in [5.41, 5.74) is 1.15. The Kier molecular flexibility index (Phi) is 3.82. The van der Waals surface area contributed by atoms with Gasteiger partial charge in [0.05, 0.1) is 6.20 Å². The van der Waals surface area contributed by atoms with E-state index in [-0.39, 0.29) is 11.2 Å². The minimum absolute atomic E-state index is 0.240. The van der Waals surface area contributed by atoms with Crippen molar-refractivity contribution in [2.24, 2.45) is 0 Å². The van der Waals surface area contributed by atoms with Crippen LogP contribution in [0.5, 0.6) is 0 Å². The van der Waals surface area contributed by atoms with E-state index in [0.29, 0.717) is 28.3 Å². The molecule has 5 nitrogen and oxygen atoms in total. The first-order chi connectivity index (χ1) is 12.1. The maximum absolute atomic E-state index is 14.1. The van der Waals surface area contributed by atoms with Crippen molar-refractivity contribution in [3.05, 3.63) is 87.3 Å². The SMILES string of the molecule is O=c1[nH]c(Cc2cccc(Cl)c2)nc2c1cnn2-c1ccccc1F. The van der Waals surface area contributed by atoms with E-state index in [4.69, 9.17) is 11.6 Å². The lowest BCUT2D eigenvalue weighted by Crippen LogP contribution is -2.13. The Balaban J connectivity index is 1.84. The molecule has 0 amide bonds. The summed E-state index contributed by atoms with van der Waals surface area (Å²) in [4.78, 5) is 19.5. The number of para-hydroxylation sites is 1. The normalized spacial score (nSPS) is 11.1. The van der Waals surface area contributed by atoms with Gasteiger partial charge in [-0.3, -0.25) is 4.79 Å². The van der Waals surface area contributed by atoms with Crippen molar-refractivity contribution in [3.63, 3.8) is 0 Å². The number of benzene rings is 2. The van der Waals surface area contributed by atoms with Gasteiger partial charge in [0.15, 0.2) is 5.65 Å². The number of nitrogens with one attached hydrogen (secondary N) is 1. The largest absolute Gasteiger partial charge is 0.310 e. The molecule has 0 aliphatic carbocycles. The molecule has 0 spiro atoms. The predicted octanol–water partition coefficient (Wildman–Crippen LogP) is 3.49. The first-order valence-corrected chi connectivity index (χ1v) is 7.96. The summed E-state index contributed by atoms with van der Waals surface area (Å²) in [6.07, 6.45) is 1.78. The smallest absolute Gasteiger partial charge is 0.262 e. The lowest BCUT2D eigenvalue weighted by molar-refractivity contribution is 0.612. The van der Waals surface area contributed by atoms with Crippen LogP contribution in [0.1, 0.15) is 11.4 Å². The van der Waals surface area contributed by atoms with E-state index < -0.39 is 5.82 Å². The molecule has 0 bridgehead atoms. The van der Waals surface area contributed by atoms with Gasteiger partial charge >= 0.3 is 0 Å². The minimum Gasteiger partial charge on any atom is -0.310 e. The number of fused-ring (bicyclic) bond motifs is 1. The monoisotopic (exact) mass is 354 g/mol. The molecule has 0 atom stereocenters. The molecule has 0 aliphatic heterocycles. The molecule has 7 heteroatoms. The summed E-state index contributed by atoms with van der Waals surface area (Å²) < 4.78 is 15.4. The zero-order chi connectivity index (χ0) is 17.4. The van der Waals surface area contributed by atoms with Gasteiger partial charge in [-0.25, -0.2) is 14.1 Å². The third kappa shape index (κ3) is 2.92. The summed E-state index contributed by atoms with van der Waals surface area (Å²) in [6, 6.07) is 13.5. The Morgan fingerprint density at radius 2 is 2.00 bits per heavy atom. The zero-order valence-electron chi connectivity index (χ0n) is 12.9. The molecule has 0 fully saturated rings. The average molecular weight is 355 g/mol. The molecule has 25 heavy (non-hydrogen) atoms. The molecule has 2 aromatic heterocycles. The molecule has 4 rings (SSSR count). The van der Waals surface area contributed by atoms with E-state index in [0.717, 1.165) is 5.56 Å². The van der Waals surface area contributed by atoms with Crippen molar-refractivity contribution >= 4 is 22.6 Å². The first-order valence-electron chi connectivity index (χ1n) is 7.58. The number of rotatable bonds is 3. The van der Waals surface area contributed by atoms with E-state index in [2.05, 4.69) is 15.1 Å². The number of hydrogen-bond donors (Lipinski definition) is 1. The number of halogens is 2. The van der Waals surface area contributed by atoms with Gasteiger partial charge in [0, 0.05) is 11.4 Å². The van der Waals surface area contributed by atoms with Crippen molar-refractivity contribution < 1.29 is 4.39 Å². The highest BCUT2D eigenvalue weighted by atomic mass is 35.5. The van der Waals surface area contributed by atoms with Gasteiger partial charge in [-0.15, -0.1) is 0 Å². The third-order valence-electron chi connectivity index (χ3n) is 3.83. The molecule has 2 heterocycles. The average Bonchev–Trinajstić information content (AvgIpc) is 2.99. The van der Waals surface area contributed by atoms with E-state index in [1.807, 2.05) is 12.1 Å². The predicted molar refractivity (Wildman–Crippen MR) is 93.7 cm³/mol. The van der Waals surface area contributed by atoms with Crippen molar-refractivity contribution in [2.45, 2.75) is 6.42 Å². The molecule has 124 valence electrons. The topological polar surface area (TPSA) is 63.6 Å². The Labute approximate surface area is 146 Å². The van der Waals surface area contributed by atoms with E-state index >= 15 is 0 Å². The van der Waals surface area contributed by atoms with E-state index in [1.54, 1.807) is 30.3 Å². The Morgan fingerprint density at radius 3 is 2.80 bits per heavy atom. The van der Waals surface area contributed by atoms with Crippen molar-refractivity contribution in [1.29, 1.82) is 0 Å². The summed E-state index contributed by atoms with van der Waals surface area (Å²) in [7, 11) is 0. The quantitative estimate of drug-likeness (QED) is 0.612. The van der Waals surface area contributed by atoms with Crippen molar-refractivity contribution in [2.75, 3.05) is 0 Å². The fourth-order valence-corrected chi connectivity index (χ4v) is 2.90. The number of H-pyrrole nitrogens is 1. The summed E-state index contributed by atoms with van der Waals surface area (Å²) in [6.45, 7) is 0. The Bertz CT molecular complexity index is 1140. The van der Waals surface area contributed by atoms with Crippen LogP contribution in [0, 0.1) is 5.82 Å². The Morgan fingerprint density at radius 1 is 1.16 bits per heavy atom. The maximum atomic E-state index is 14.1. The second-order valence-corrected chi connectivity index (χ2v) is 6.00. The number of aromatic amines is 1. The van der Waals surface area contributed by atoms with Crippen LogP contribution < -0.4 is 5.56 Å². The molecule has 4 aromatic rings. The molecule has 0 saturated heterocycles. The van der Waals surface area contributed by atoms with Crippen molar-refractivity contribution in [1.82, 2.24) is 19.7 Å². The maximum Gasteiger partial charge on any atom is 0.262 e. The van der Waals surface area contributed by atoms with Gasteiger partial charge < -0.3 is 4.98 Å². The summed E-state index contributed by atoms with van der Waals surface area (Å²) in [5, 5.41) is 5.03. The molecule has 0 radical (unpaired) electrons. The third-order valence-corrected chi connectivity index (χ3v) is 4.06. The fourth-order valence-electron chi connectivity index (χ4n) is 2.69. The van der Waals surface area contributed by atoms with Gasteiger partial charge in [-0.2, -0.15) is 5.10 Å². The van der Waals surface area contributed by atoms with Gasteiger partial charge in [-0.1, -0.05) is 35.9 Å². The van der Waals surface area contributed by atoms with E-state index in [9.17, 15) is 9.18 Å². The molecule has 0 saturated carbocycles. The molecule has 0 unspecified atom stereocenters. The van der Waals surface area contributed by atoms with Crippen LogP contribution in [-0.4, -0.2) is 19.7 Å². The molecule has 1 N–H and O–H groups in total. The summed E-state index contributed by atoms with van der Waals surface area (Å²) >= 11 is 5.99. The first kappa shape index (κ1) is 15.5. The van der Waals surface area contributed by atoms with Crippen LogP contribution in [0.15, 0.2) is 59.5 Å². The lowest BCUT2D eigenvalue weighted by Gasteiger charge is -2.06. The fraction of sp³-hybridized carbons (Fsp3) is 0.0556. The molecular weight excluding hydrogens is 343 g/mol. The van der Waals surface area contributed by atoms with Crippen LogP contribution >= 0.6 is 11.6 Å².